The van der Waals surface area contributed by atoms with Gasteiger partial charge >= 0.3 is 5.97 Å². The maximum absolute atomic E-state index is 11.7. The van der Waals surface area contributed by atoms with Crippen LogP contribution in [-0.4, -0.2) is 34.9 Å². The van der Waals surface area contributed by atoms with E-state index in [-0.39, 0.29) is 0 Å². The summed E-state index contributed by atoms with van der Waals surface area (Å²) in [7, 11) is 0. The van der Waals surface area contributed by atoms with Gasteiger partial charge in [0.15, 0.2) is 0 Å². The van der Waals surface area contributed by atoms with Crippen LogP contribution in [0.3, 0.4) is 0 Å². The van der Waals surface area contributed by atoms with Crippen LogP contribution in [0.15, 0.2) is 0 Å². The Hall–Kier alpha value is -0.610. The van der Waals surface area contributed by atoms with Crippen LogP contribution < -0.4 is 5.32 Å². The molecule has 0 aromatic heterocycles. The fraction of sp³-hybridized carbons (Fsp3) is 0.923. The highest BCUT2D eigenvalue weighted by Gasteiger charge is 2.56. The first-order valence-electron chi connectivity index (χ1n) is 6.67. The summed E-state index contributed by atoms with van der Waals surface area (Å²) in [6.07, 6.45) is 4.56. The molecule has 0 radical (unpaired) electrons. The molecular formula is C13H23NO3. The van der Waals surface area contributed by atoms with Gasteiger partial charge in [-0.3, -0.25) is 4.79 Å². The van der Waals surface area contributed by atoms with E-state index in [0.717, 1.165) is 25.8 Å². The topological polar surface area (TPSA) is 69.6 Å². The second kappa shape index (κ2) is 4.58. The molecule has 1 saturated heterocycles. The number of aliphatic hydroxyl groups is 1. The second-order valence-corrected chi connectivity index (χ2v) is 5.88. The number of rotatable bonds is 2. The molecule has 1 saturated carbocycles. The van der Waals surface area contributed by atoms with Gasteiger partial charge in [-0.05, 0) is 51.0 Å². The van der Waals surface area contributed by atoms with Crippen LogP contribution in [-0.2, 0) is 4.79 Å². The van der Waals surface area contributed by atoms with Gasteiger partial charge < -0.3 is 15.5 Å². The van der Waals surface area contributed by atoms with E-state index in [4.69, 9.17) is 0 Å². The number of nitrogens with one attached hydrogen (secondary N) is 1. The number of carboxylic acids is 1. The van der Waals surface area contributed by atoms with Crippen molar-refractivity contribution in [3.8, 4) is 0 Å². The lowest BCUT2D eigenvalue weighted by atomic mass is 9.60. The Morgan fingerprint density at radius 3 is 2.41 bits per heavy atom. The van der Waals surface area contributed by atoms with Crippen molar-refractivity contribution in [2.75, 3.05) is 13.1 Å². The zero-order valence-electron chi connectivity index (χ0n) is 10.5. The van der Waals surface area contributed by atoms with E-state index in [0.29, 0.717) is 31.7 Å². The van der Waals surface area contributed by atoms with E-state index >= 15 is 0 Å². The van der Waals surface area contributed by atoms with Crippen LogP contribution in [0.25, 0.3) is 0 Å². The molecule has 0 aromatic rings. The Morgan fingerprint density at radius 2 is 1.94 bits per heavy atom. The Morgan fingerprint density at radius 1 is 1.29 bits per heavy atom. The van der Waals surface area contributed by atoms with Crippen molar-refractivity contribution in [1.29, 1.82) is 0 Å². The third-order valence-electron chi connectivity index (χ3n) is 4.79. The molecule has 98 valence electrons. The lowest BCUT2D eigenvalue weighted by molar-refractivity contribution is -0.179. The minimum Gasteiger partial charge on any atom is -0.481 e. The molecule has 17 heavy (non-hydrogen) atoms. The monoisotopic (exact) mass is 241 g/mol. The Labute approximate surface area is 102 Å². The molecule has 0 aromatic carbocycles. The molecule has 1 unspecified atom stereocenters. The maximum atomic E-state index is 11.7. The van der Waals surface area contributed by atoms with Crippen molar-refractivity contribution in [3.05, 3.63) is 0 Å². The number of hydrogen-bond acceptors (Lipinski definition) is 3. The maximum Gasteiger partial charge on any atom is 0.313 e. The predicted octanol–water partition coefficient (Wildman–Crippen LogP) is 1.38. The lowest BCUT2D eigenvalue weighted by Crippen LogP contribution is -2.61. The highest BCUT2D eigenvalue weighted by Crippen LogP contribution is 2.47. The van der Waals surface area contributed by atoms with E-state index in [1.807, 2.05) is 0 Å². The SMILES string of the molecule is CC1CCC(O)(C2(C(=O)O)CCCNC2)CC1. The van der Waals surface area contributed by atoms with Crippen LogP contribution in [0.4, 0.5) is 0 Å². The van der Waals surface area contributed by atoms with E-state index in [1.165, 1.54) is 0 Å². The van der Waals surface area contributed by atoms with Crippen LogP contribution in [0.1, 0.15) is 45.4 Å². The van der Waals surface area contributed by atoms with E-state index in [9.17, 15) is 15.0 Å². The molecule has 1 atom stereocenters. The third-order valence-corrected chi connectivity index (χ3v) is 4.79. The molecule has 0 bridgehead atoms. The van der Waals surface area contributed by atoms with Crippen molar-refractivity contribution in [2.45, 2.75) is 51.0 Å². The number of piperidine rings is 1. The molecule has 2 fully saturated rings. The predicted molar refractivity (Wildman–Crippen MR) is 64.8 cm³/mol. The number of carbonyl (C=O) groups is 1. The first-order valence-corrected chi connectivity index (χ1v) is 6.67. The average molecular weight is 241 g/mol. The number of hydrogen-bond donors (Lipinski definition) is 3. The first-order chi connectivity index (χ1) is 8.00. The molecule has 0 amide bonds. The van der Waals surface area contributed by atoms with Gasteiger partial charge in [0.2, 0.25) is 0 Å². The van der Waals surface area contributed by atoms with Crippen molar-refractivity contribution in [3.63, 3.8) is 0 Å². The van der Waals surface area contributed by atoms with Gasteiger partial charge in [-0.15, -0.1) is 0 Å². The van der Waals surface area contributed by atoms with Gasteiger partial charge in [0, 0.05) is 6.54 Å². The quantitative estimate of drug-likeness (QED) is 0.683. The summed E-state index contributed by atoms with van der Waals surface area (Å²) in [4.78, 5) is 11.7. The number of carboxylic acid groups (broad SMARTS) is 1. The zero-order chi connectivity index (χ0) is 12.5. The van der Waals surface area contributed by atoms with Gasteiger partial charge in [-0.1, -0.05) is 6.92 Å². The Bertz CT molecular complexity index is 289. The average Bonchev–Trinajstić information content (AvgIpc) is 2.34. The van der Waals surface area contributed by atoms with Crippen molar-refractivity contribution in [2.24, 2.45) is 11.3 Å². The second-order valence-electron chi connectivity index (χ2n) is 5.88. The molecule has 2 aliphatic rings. The fourth-order valence-corrected chi connectivity index (χ4v) is 3.40. The van der Waals surface area contributed by atoms with E-state index in [2.05, 4.69) is 12.2 Å². The minimum absolute atomic E-state index is 0.410. The van der Waals surface area contributed by atoms with E-state index in [1.54, 1.807) is 0 Å². The molecule has 0 spiro atoms. The molecule has 3 N–H and O–H groups in total. The third kappa shape index (κ3) is 2.08. The fourth-order valence-electron chi connectivity index (χ4n) is 3.40. The van der Waals surface area contributed by atoms with Crippen molar-refractivity contribution >= 4 is 5.97 Å². The summed E-state index contributed by atoms with van der Waals surface area (Å²) in [6, 6.07) is 0. The molecule has 1 aliphatic carbocycles. The summed E-state index contributed by atoms with van der Waals surface area (Å²) in [5, 5.41) is 23.5. The normalized spacial score (nSPS) is 43.3. The standard InChI is InChI=1S/C13H23NO3/c1-10-3-6-13(17,7-4-10)12(11(15)16)5-2-8-14-9-12/h10,14,17H,2-9H2,1H3,(H,15,16). The van der Waals surface area contributed by atoms with Crippen molar-refractivity contribution in [1.82, 2.24) is 5.32 Å². The summed E-state index contributed by atoms with van der Waals surface area (Å²) in [5.41, 5.74) is -1.98. The molecule has 4 nitrogen and oxygen atoms in total. The van der Waals surface area contributed by atoms with Gasteiger partial charge in [0.25, 0.3) is 0 Å². The van der Waals surface area contributed by atoms with Gasteiger partial charge in [0.05, 0.1) is 5.60 Å². The van der Waals surface area contributed by atoms with Crippen LogP contribution >= 0.6 is 0 Å². The van der Waals surface area contributed by atoms with Crippen LogP contribution in [0.2, 0.25) is 0 Å². The first kappa shape index (κ1) is 12.8. The zero-order valence-corrected chi connectivity index (χ0v) is 10.5. The number of aliphatic carboxylic acids is 1. The Balaban J connectivity index is 2.23. The summed E-state index contributed by atoms with van der Waals surface area (Å²) in [6.45, 7) is 3.45. The Kier molecular flexibility index (Phi) is 3.46. The summed E-state index contributed by atoms with van der Waals surface area (Å²) in [5.74, 6) is -0.223. The lowest BCUT2D eigenvalue weighted by Gasteiger charge is -2.49. The van der Waals surface area contributed by atoms with Crippen molar-refractivity contribution < 1.29 is 15.0 Å². The molecule has 1 heterocycles. The highest BCUT2D eigenvalue weighted by molar-refractivity contribution is 5.77. The van der Waals surface area contributed by atoms with Crippen LogP contribution in [0, 0.1) is 11.3 Å². The highest BCUT2D eigenvalue weighted by atomic mass is 16.4. The molecular weight excluding hydrogens is 218 g/mol. The van der Waals surface area contributed by atoms with E-state index < -0.39 is 17.0 Å². The molecule has 2 rings (SSSR count). The van der Waals surface area contributed by atoms with Crippen LogP contribution in [0.5, 0.6) is 0 Å². The smallest absolute Gasteiger partial charge is 0.313 e. The largest absolute Gasteiger partial charge is 0.481 e. The summed E-state index contributed by atoms with van der Waals surface area (Å²) < 4.78 is 0. The molecule has 4 heteroatoms. The van der Waals surface area contributed by atoms with Gasteiger partial charge in [-0.2, -0.15) is 0 Å². The molecule has 1 aliphatic heterocycles. The minimum atomic E-state index is -1.02. The summed E-state index contributed by atoms with van der Waals surface area (Å²) >= 11 is 0. The van der Waals surface area contributed by atoms with Gasteiger partial charge in [0.1, 0.15) is 5.41 Å². The van der Waals surface area contributed by atoms with Gasteiger partial charge in [-0.25, -0.2) is 0 Å².